The minimum atomic E-state index is -0.789. The fraction of sp³-hybridized carbons (Fsp3) is 0.312. The first kappa shape index (κ1) is 14.2. The van der Waals surface area contributed by atoms with Gasteiger partial charge in [-0.2, -0.15) is 5.10 Å². The summed E-state index contributed by atoms with van der Waals surface area (Å²) in [5.74, 6) is -0.807. The maximum Gasteiger partial charge on any atom is 0.232 e. The Bertz CT molecular complexity index is 747. The smallest absolute Gasteiger partial charge is 0.232 e. The van der Waals surface area contributed by atoms with E-state index >= 15 is 0 Å². The second-order valence-electron chi connectivity index (χ2n) is 5.84. The average Bonchev–Trinajstić information content (AvgIpc) is 2.82. The van der Waals surface area contributed by atoms with Crippen molar-refractivity contribution in [3.63, 3.8) is 0 Å². The number of fused-ring (bicyclic) bond motifs is 1. The lowest BCUT2D eigenvalue weighted by atomic mass is 9.74. The minimum absolute atomic E-state index is 0.258. The third-order valence-corrected chi connectivity index (χ3v) is 5.57. The summed E-state index contributed by atoms with van der Waals surface area (Å²) in [6, 6.07) is 9.63. The zero-order chi connectivity index (χ0) is 15.4. The molecule has 5 heteroatoms. The topological polar surface area (TPSA) is 52.0 Å². The Hall–Kier alpha value is -1.75. The molecule has 0 aliphatic heterocycles. The van der Waals surface area contributed by atoms with Gasteiger partial charge in [0.2, 0.25) is 11.6 Å². The molecule has 0 saturated carbocycles. The standard InChI is InChI=1S/C16H15BrN2O2/c1-9-11-12(14(17)16(2,3)15(21)13(11)20)19(18-9)10-7-5-4-6-8-10/h4-8,14H,1-3H3/t14-/m0/s1. The number of aryl methyl sites for hydroxylation is 1. The first-order valence-electron chi connectivity index (χ1n) is 6.74. The van der Waals surface area contributed by atoms with Crippen molar-refractivity contribution in [2.45, 2.75) is 25.6 Å². The molecule has 1 aliphatic rings. The van der Waals surface area contributed by atoms with Gasteiger partial charge in [0.1, 0.15) is 0 Å². The molecule has 1 heterocycles. The van der Waals surface area contributed by atoms with Crippen molar-refractivity contribution in [2.75, 3.05) is 0 Å². The van der Waals surface area contributed by atoms with Crippen LogP contribution >= 0.6 is 15.9 Å². The van der Waals surface area contributed by atoms with Crippen LogP contribution < -0.4 is 0 Å². The Morgan fingerprint density at radius 1 is 1.19 bits per heavy atom. The summed E-state index contributed by atoms with van der Waals surface area (Å²) in [4.78, 5) is 24.5. The number of benzene rings is 1. The van der Waals surface area contributed by atoms with Crippen LogP contribution in [-0.4, -0.2) is 21.3 Å². The molecule has 0 amide bonds. The van der Waals surface area contributed by atoms with Gasteiger partial charge >= 0.3 is 0 Å². The highest BCUT2D eigenvalue weighted by molar-refractivity contribution is 9.09. The van der Waals surface area contributed by atoms with Gasteiger partial charge < -0.3 is 0 Å². The van der Waals surface area contributed by atoms with Crippen LogP contribution in [0.1, 0.15) is 40.4 Å². The van der Waals surface area contributed by atoms with Crippen LogP contribution in [0.2, 0.25) is 0 Å². The predicted octanol–water partition coefficient (Wildman–Crippen LogP) is 3.41. The Kier molecular flexibility index (Phi) is 3.13. The van der Waals surface area contributed by atoms with Crippen molar-refractivity contribution in [2.24, 2.45) is 5.41 Å². The van der Waals surface area contributed by atoms with E-state index in [-0.39, 0.29) is 10.6 Å². The van der Waals surface area contributed by atoms with Crippen molar-refractivity contribution in [1.82, 2.24) is 9.78 Å². The molecular weight excluding hydrogens is 332 g/mol. The fourth-order valence-corrected chi connectivity index (χ4v) is 3.32. The van der Waals surface area contributed by atoms with E-state index in [4.69, 9.17) is 0 Å². The van der Waals surface area contributed by atoms with E-state index in [1.54, 1.807) is 25.5 Å². The molecule has 1 aromatic carbocycles. The van der Waals surface area contributed by atoms with Crippen LogP contribution in [0.4, 0.5) is 0 Å². The summed E-state index contributed by atoms with van der Waals surface area (Å²) >= 11 is 3.60. The molecule has 1 atom stereocenters. The van der Waals surface area contributed by atoms with E-state index < -0.39 is 11.2 Å². The largest absolute Gasteiger partial charge is 0.290 e. The van der Waals surface area contributed by atoms with Gasteiger partial charge in [-0.05, 0) is 19.1 Å². The number of rotatable bonds is 1. The zero-order valence-corrected chi connectivity index (χ0v) is 13.6. The number of carbonyl (C=O) groups is 2. The van der Waals surface area contributed by atoms with E-state index in [0.717, 1.165) is 11.4 Å². The fourth-order valence-electron chi connectivity index (χ4n) is 2.69. The number of aromatic nitrogens is 2. The molecule has 108 valence electrons. The quantitative estimate of drug-likeness (QED) is 0.587. The number of hydrogen-bond donors (Lipinski definition) is 0. The van der Waals surface area contributed by atoms with Crippen LogP contribution in [0.15, 0.2) is 30.3 Å². The number of ketones is 2. The van der Waals surface area contributed by atoms with Crippen molar-refractivity contribution >= 4 is 27.5 Å². The van der Waals surface area contributed by atoms with Gasteiger partial charge in [-0.1, -0.05) is 48.0 Å². The number of halogens is 1. The molecule has 0 bridgehead atoms. The first-order valence-corrected chi connectivity index (χ1v) is 7.65. The Morgan fingerprint density at radius 3 is 2.43 bits per heavy atom. The average molecular weight is 347 g/mol. The van der Waals surface area contributed by atoms with Gasteiger partial charge in [-0.15, -0.1) is 0 Å². The number of alkyl halides is 1. The summed E-state index contributed by atoms with van der Waals surface area (Å²) in [6.07, 6.45) is 0. The second-order valence-corrected chi connectivity index (χ2v) is 6.75. The monoisotopic (exact) mass is 346 g/mol. The van der Waals surface area contributed by atoms with E-state index in [9.17, 15) is 9.59 Å². The molecule has 0 radical (unpaired) electrons. The molecule has 1 aromatic heterocycles. The van der Waals surface area contributed by atoms with Gasteiger partial charge in [0.05, 0.1) is 27.5 Å². The maximum absolute atomic E-state index is 12.4. The van der Waals surface area contributed by atoms with Crippen molar-refractivity contribution < 1.29 is 9.59 Å². The normalized spacial score (nSPS) is 20.5. The van der Waals surface area contributed by atoms with E-state index in [0.29, 0.717) is 11.3 Å². The number of carbonyl (C=O) groups excluding carboxylic acids is 2. The third kappa shape index (κ3) is 1.91. The SMILES string of the molecule is Cc1nn(-c2ccccc2)c2c1C(=O)C(=O)C(C)(C)[C@H]2Br. The molecule has 1 aliphatic carbocycles. The lowest BCUT2D eigenvalue weighted by molar-refractivity contribution is -0.123. The highest BCUT2D eigenvalue weighted by Gasteiger charge is 2.49. The maximum atomic E-state index is 12.4. The van der Waals surface area contributed by atoms with E-state index in [1.165, 1.54) is 0 Å². The molecule has 0 N–H and O–H groups in total. The molecule has 2 aromatic rings. The molecule has 4 nitrogen and oxygen atoms in total. The molecule has 0 saturated heterocycles. The zero-order valence-electron chi connectivity index (χ0n) is 12.1. The van der Waals surface area contributed by atoms with Crippen molar-refractivity contribution in [3.05, 3.63) is 47.3 Å². The molecule has 0 unspecified atom stereocenters. The van der Waals surface area contributed by atoms with Gasteiger partial charge in [0, 0.05) is 5.41 Å². The van der Waals surface area contributed by atoms with Crippen LogP contribution in [-0.2, 0) is 4.79 Å². The summed E-state index contributed by atoms with van der Waals surface area (Å²) in [6.45, 7) is 5.34. The summed E-state index contributed by atoms with van der Waals surface area (Å²) in [5.41, 5.74) is 1.87. The highest BCUT2D eigenvalue weighted by atomic mass is 79.9. The van der Waals surface area contributed by atoms with Crippen molar-refractivity contribution in [1.29, 1.82) is 0 Å². The summed E-state index contributed by atoms with van der Waals surface area (Å²) in [5, 5.41) is 4.48. The molecule has 3 rings (SSSR count). The lowest BCUT2D eigenvalue weighted by Crippen LogP contribution is -2.40. The van der Waals surface area contributed by atoms with Gasteiger partial charge in [0.25, 0.3) is 0 Å². The van der Waals surface area contributed by atoms with Gasteiger partial charge in [-0.25, -0.2) is 4.68 Å². The highest BCUT2D eigenvalue weighted by Crippen LogP contribution is 2.48. The van der Waals surface area contributed by atoms with E-state index in [2.05, 4.69) is 21.0 Å². The number of Topliss-reactive ketones (excluding diaryl/α,β-unsaturated/α-hetero) is 2. The van der Waals surface area contributed by atoms with Crippen LogP contribution in [0, 0.1) is 12.3 Å². The van der Waals surface area contributed by atoms with Crippen LogP contribution in [0.5, 0.6) is 0 Å². The molecule has 21 heavy (non-hydrogen) atoms. The molecule has 0 spiro atoms. The number of nitrogens with zero attached hydrogens (tertiary/aromatic N) is 2. The molecular formula is C16H15BrN2O2. The van der Waals surface area contributed by atoms with Gasteiger partial charge in [-0.3, -0.25) is 9.59 Å². The Balaban J connectivity index is 2.31. The second kappa shape index (κ2) is 4.63. The first-order chi connectivity index (χ1) is 9.85. The van der Waals surface area contributed by atoms with Crippen LogP contribution in [0.3, 0.4) is 0 Å². The predicted molar refractivity (Wildman–Crippen MR) is 83.1 cm³/mol. The minimum Gasteiger partial charge on any atom is -0.290 e. The van der Waals surface area contributed by atoms with Crippen LogP contribution in [0.25, 0.3) is 5.69 Å². The molecule has 0 fully saturated rings. The third-order valence-electron chi connectivity index (χ3n) is 3.99. The van der Waals surface area contributed by atoms with E-state index in [1.807, 2.05) is 30.3 Å². The van der Waals surface area contributed by atoms with Crippen molar-refractivity contribution in [3.8, 4) is 5.69 Å². The summed E-state index contributed by atoms with van der Waals surface area (Å²) in [7, 11) is 0. The lowest BCUT2D eigenvalue weighted by Gasteiger charge is -2.33. The number of hydrogen-bond acceptors (Lipinski definition) is 3. The van der Waals surface area contributed by atoms with Gasteiger partial charge in [0.15, 0.2) is 0 Å². The number of para-hydroxylation sites is 1. The summed E-state index contributed by atoms with van der Waals surface area (Å²) < 4.78 is 1.76. The Morgan fingerprint density at radius 2 is 1.81 bits per heavy atom. The Labute approximate surface area is 131 Å².